The van der Waals surface area contributed by atoms with Crippen molar-refractivity contribution in [2.45, 2.75) is 13.1 Å². The average Bonchev–Trinajstić information content (AvgIpc) is 2.76. The second-order valence-electron chi connectivity index (χ2n) is 5.98. The molecule has 0 radical (unpaired) electrons. The van der Waals surface area contributed by atoms with Crippen molar-refractivity contribution >= 4 is 11.7 Å². The molecule has 0 fully saturated rings. The van der Waals surface area contributed by atoms with Gasteiger partial charge in [0.15, 0.2) is 11.5 Å². The summed E-state index contributed by atoms with van der Waals surface area (Å²) in [5.74, 6) is 1.77. The zero-order valence-electron chi connectivity index (χ0n) is 15.8. The molecule has 0 aliphatic heterocycles. The number of ether oxygens (including phenoxy) is 2. The molecule has 2 N–H and O–H groups in total. The molecule has 7 heteroatoms. The Labute approximate surface area is 163 Å². The van der Waals surface area contributed by atoms with Crippen LogP contribution in [-0.2, 0) is 13.1 Å². The van der Waals surface area contributed by atoms with Gasteiger partial charge in [-0.25, -0.2) is 4.98 Å². The molecule has 144 valence electrons. The summed E-state index contributed by atoms with van der Waals surface area (Å²) in [5, 5.41) is 6.08. The maximum Gasteiger partial charge on any atom is 0.251 e. The van der Waals surface area contributed by atoms with Crippen LogP contribution in [0.25, 0.3) is 0 Å². The summed E-state index contributed by atoms with van der Waals surface area (Å²) in [6.45, 7) is 0.906. The number of nitrogens with zero attached hydrogens (tertiary/aromatic N) is 2. The predicted molar refractivity (Wildman–Crippen MR) is 107 cm³/mol. The third-order valence-electron chi connectivity index (χ3n) is 4.10. The number of hydrogen-bond acceptors (Lipinski definition) is 6. The molecule has 0 spiro atoms. The first kappa shape index (κ1) is 19.2. The van der Waals surface area contributed by atoms with Crippen molar-refractivity contribution in [3.05, 3.63) is 77.7 Å². The molecule has 0 aliphatic rings. The van der Waals surface area contributed by atoms with Crippen molar-refractivity contribution in [1.82, 2.24) is 15.3 Å². The van der Waals surface area contributed by atoms with E-state index in [0.29, 0.717) is 36.0 Å². The van der Waals surface area contributed by atoms with Crippen LogP contribution in [0.2, 0.25) is 0 Å². The first-order chi connectivity index (χ1) is 13.7. The Kier molecular flexibility index (Phi) is 6.41. The number of pyridine rings is 2. The molecule has 0 aliphatic carbocycles. The predicted octanol–water partition coefficient (Wildman–Crippen LogP) is 3.04. The van der Waals surface area contributed by atoms with Crippen molar-refractivity contribution in [1.29, 1.82) is 0 Å². The molecule has 0 bridgehead atoms. The summed E-state index contributed by atoms with van der Waals surface area (Å²) < 4.78 is 10.6. The minimum atomic E-state index is -0.179. The molecule has 3 aromatic rings. The number of aromatic nitrogens is 2. The maximum absolute atomic E-state index is 12.4. The number of benzene rings is 1. The fraction of sp³-hybridized carbons (Fsp3) is 0.190. The van der Waals surface area contributed by atoms with Crippen LogP contribution in [0, 0.1) is 0 Å². The van der Waals surface area contributed by atoms with Crippen LogP contribution in [0.3, 0.4) is 0 Å². The van der Waals surface area contributed by atoms with Crippen LogP contribution >= 0.6 is 0 Å². The molecule has 0 saturated carbocycles. The number of hydrogen-bond donors (Lipinski definition) is 2. The molecular weight excluding hydrogens is 356 g/mol. The summed E-state index contributed by atoms with van der Waals surface area (Å²) in [6, 6.07) is 14.7. The van der Waals surface area contributed by atoms with E-state index >= 15 is 0 Å². The second-order valence-corrected chi connectivity index (χ2v) is 5.98. The number of carbonyl (C=O) groups is 1. The SMILES string of the molecule is COc1ccc(CNc2cc(C(=O)NCc3ccccn3)ccn2)cc1OC. The lowest BCUT2D eigenvalue weighted by Gasteiger charge is -2.11. The zero-order valence-corrected chi connectivity index (χ0v) is 15.8. The summed E-state index contributed by atoms with van der Waals surface area (Å²) >= 11 is 0. The fourth-order valence-corrected chi connectivity index (χ4v) is 2.63. The number of anilines is 1. The van der Waals surface area contributed by atoms with Crippen LogP contribution in [0.1, 0.15) is 21.6 Å². The highest BCUT2D eigenvalue weighted by atomic mass is 16.5. The minimum Gasteiger partial charge on any atom is -0.493 e. The van der Waals surface area contributed by atoms with Crippen molar-refractivity contribution in [2.75, 3.05) is 19.5 Å². The van der Waals surface area contributed by atoms with E-state index in [1.807, 2.05) is 36.4 Å². The zero-order chi connectivity index (χ0) is 19.8. The van der Waals surface area contributed by atoms with Crippen molar-refractivity contribution in [2.24, 2.45) is 0 Å². The lowest BCUT2D eigenvalue weighted by atomic mass is 10.2. The molecule has 28 heavy (non-hydrogen) atoms. The highest BCUT2D eigenvalue weighted by Gasteiger charge is 2.08. The molecule has 1 aromatic carbocycles. The van der Waals surface area contributed by atoms with Crippen molar-refractivity contribution in [3.63, 3.8) is 0 Å². The molecule has 0 saturated heterocycles. The lowest BCUT2D eigenvalue weighted by molar-refractivity contribution is 0.0950. The van der Waals surface area contributed by atoms with Crippen LogP contribution in [0.4, 0.5) is 5.82 Å². The molecule has 1 amide bonds. The van der Waals surface area contributed by atoms with Gasteiger partial charge < -0.3 is 20.1 Å². The van der Waals surface area contributed by atoms with E-state index in [1.165, 1.54) is 0 Å². The molecule has 7 nitrogen and oxygen atoms in total. The quantitative estimate of drug-likeness (QED) is 0.627. The van der Waals surface area contributed by atoms with E-state index in [2.05, 4.69) is 20.6 Å². The third kappa shape index (κ3) is 4.97. The molecule has 0 atom stereocenters. The van der Waals surface area contributed by atoms with Crippen LogP contribution < -0.4 is 20.1 Å². The van der Waals surface area contributed by atoms with Crippen molar-refractivity contribution < 1.29 is 14.3 Å². The molecule has 2 aromatic heterocycles. The van der Waals surface area contributed by atoms with Gasteiger partial charge in [-0.2, -0.15) is 0 Å². The second kappa shape index (κ2) is 9.36. The van der Waals surface area contributed by atoms with Gasteiger partial charge in [-0.15, -0.1) is 0 Å². The highest BCUT2D eigenvalue weighted by molar-refractivity contribution is 5.94. The van der Waals surface area contributed by atoms with E-state index < -0.39 is 0 Å². The van der Waals surface area contributed by atoms with Gasteiger partial charge in [-0.05, 0) is 42.0 Å². The van der Waals surface area contributed by atoms with Gasteiger partial charge >= 0.3 is 0 Å². The van der Waals surface area contributed by atoms with E-state index in [9.17, 15) is 4.79 Å². The number of rotatable bonds is 8. The Balaban J connectivity index is 1.61. The van der Waals surface area contributed by atoms with Gasteiger partial charge in [0.25, 0.3) is 5.91 Å². The topological polar surface area (TPSA) is 85.4 Å². The molecule has 2 heterocycles. The Morgan fingerprint density at radius 2 is 1.79 bits per heavy atom. The number of amides is 1. The molecular formula is C21H22N4O3. The van der Waals surface area contributed by atoms with Gasteiger partial charge in [0.1, 0.15) is 5.82 Å². The van der Waals surface area contributed by atoms with Crippen LogP contribution in [0.15, 0.2) is 60.9 Å². The number of nitrogens with one attached hydrogen (secondary N) is 2. The maximum atomic E-state index is 12.4. The summed E-state index contributed by atoms with van der Waals surface area (Å²) in [6.07, 6.45) is 3.30. The van der Waals surface area contributed by atoms with Gasteiger partial charge in [0.05, 0.1) is 26.5 Å². The molecule has 0 unspecified atom stereocenters. The smallest absolute Gasteiger partial charge is 0.251 e. The average molecular weight is 378 g/mol. The standard InChI is InChI=1S/C21H22N4O3/c1-27-18-7-6-15(11-19(18)28-2)13-24-20-12-16(8-10-23-20)21(26)25-14-17-5-3-4-9-22-17/h3-12H,13-14H2,1-2H3,(H,23,24)(H,25,26). The Bertz CT molecular complexity index is 932. The molecule has 3 rings (SSSR count). The van der Waals surface area contributed by atoms with Crippen LogP contribution in [-0.4, -0.2) is 30.1 Å². The minimum absolute atomic E-state index is 0.179. The number of carbonyl (C=O) groups excluding carboxylic acids is 1. The summed E-state index contributed by atoms with van der Waals surface area (Å²) in [7, 11) is 3.20. The summed E-state index contributed by atoms with van der Waals surface area (Å²) in [4.78, 5) is 20.8. The van der Waals surface area contributed by atoms with Gasteiger partial charge in [-0.1, -0.05) is 12.1 Å². The van der Waals surface area contributed by atoms with Gasteiger partial charge in [0.2, 0.25) is 0 Å². The fourth-order valence-electron chi connectivity index (χ4n) is 2.63. The van der Waals surface area contributed by atoms with E-state index in [4.69, 9.17) is 9.47 Å². The lowest BCUT2D eigenvalue weighted by Crippen LogP contribution is -2.23. The Hall–Kier alpha value is -3.61. The third-order valence-corrected chi connectivity index (χ3v) is 4.10. The van der Waals surface area contributed by atoms with Crippen molar-refractivity contribution in [3.8, 4) is 11.5 Å². The Morgan fingerprint density at radius 1 is 0.929 bits per heavy atom. The van der Waals surface area contributed by atoms with E-state index in [1.54, 1.807) is 38.7 Å². The van der Waals surface area contributed by atoms with Gasteiger partial charge in [-0.3, -0.25) is 9.78 Å². The van der Waals surface area contributed by atoms with E-state index in [0.717, 1.165) is 11.3 Å². The first-order valence-corrected chi connectivity index (χ1v) is 8.78. The summed E-state index contributed by atoms with van der Waals surface area (Å²) in [5.41, 5.74) is 2.34. The van der Waals surface area contributed by atoms with Gasteiger partial charge in [0, 0.05) is 24.5 Å². The first-order valence-electron chi connectivity index (χ1n) is 8.78. The normalized spacial score (nSPS) is 10.2. The monoisotopic (exact) mass is 378 g/mol. The van der Waals surface area contributed by atoms with Crippen LogP contribution in [0.5, 0.6) is 11.5 Å². The van der Waals surface area contributed by atoms with E-state index in [-0.39, 0.29) is 5.91 Å². The largest absolute Gasteiger partial charge is 0.493 e. The number of methoxy groups -OCH3 is 2. The highest BCUT2D eigenvalue weighted by Crippen LogP contribution is 2.27. The Morgan fingerprint density at radius 3 is 2.54 bits per heavy atom.